The van der Waals surface area contributed by atoms with Crippen LogP contribution in [0.15, 0.2) is 18.2 Å². The summed E-state index contributed by atoms with van der Waals surface area (Å²) in [6.07, 6.45) is 2.33. The summed E-state index contributed by atoms with van der Waals surface area (Å²) in [5.41, 5.74) is 0.930. The Hall–Kier alpha value is -2.44. The van der Waals surface area contributed by atoms with Gasteiger partial charge in [0.2, 0.25) is 17.7 Å². The average Bonchev–Trinajstić information content (AvgIpc) is 3.08. The highest BCUT2D eigenvalue weighted by Gasteiger charge is 2.31. The van der Waals surface area contributed by atoms with Crippen molar-refractivity contribution in [3.8, 4) is 0 Å². The van der Waals surface area contributed by atoms with E-state index in [-0.39, 0.29) is 37.1 Å². The Morgan fingerprint density at radius 3 is 2.79 bits per heavy atom. The number of hydrogen-bond acceptors (Lipinski definition) is 3. The standard InChI is InChI=1S/C17H20FN3O3/c18-11-3-4-12-13(10-15(22)20-14(12)9-11)17(24)19-6-5-16(23)21-7-1-2-8-21/h3-4,9,13H,1-2,5-8,10H2,(H,19,24)(H,20,22). The van der Waals surface area contributed by atoms with Crippen molar-refractivity contribution in [2.75, 3.05) is 25.0 Å². The highest BCUT2D eigenvalue weighted by atomic mass is 19.1. The molecule has 2 heterocycles. The van der Waals surface area contributed by atoms with Crippen molar-refractivity contribution < 1.29 is 18.8 Å². The SMILES string of the molecule is O=C1CC(C(=O)NCCC(=O)N2CCCC2)c2ccc(F)cc2N1. The van der Waals surface area contributed by atoms with Gasteiger partial charge in [-0.3, -0.25) is 14.4 Å². The molecular weight excluding hydrogens is 313 g/mol. The highest BCUT2D eigenvalue weighted by Crippen LogP contribution is 2.32. The number of carbonyl (C=O) groups excluding carboxylic acids is 3. The van der Waals surface area contributed by atoms with Gasteiger partial charge in [0, 0.05) is 38.2 Å². The van der Waals surface area contributed by atoms with Gasteiger partial charge in [0.25, 0.3) is 0 Å². The summed E-state index contributed by atoms with van der Waals surface area (Å²) in [6.45, 7) is 1.81. The molecule has 0 radical (unpaired) electrons. The molecule has 1 aromatic carbocycles. The van der Waals surface area contributed by atoms with Crippen LogP contribution in [0.25, 0.3) is 0 Å². The lowest BCUT2D eigenvalue weighted by molar-refractivity contribution is -0.130. The van der Waals surface area contributed by atoms with E-state index in [1.165, 1.54) is 18.2 Å². The second-order valence-electron chi connectivity index (χ2n) is 6.17. The number of fused-ring (bicyclic) bond motifs is 1. The van der Waals surface area contributed by atoms with Crippen LogP contribution in [0, 0.1) is 5.82 Å². The van der Waals surface area contributed by atoms with Crippen LogP contribution in [0.2, 0.25) is 0 Å². The summed E-state index contributed by atoms with van der Waals surface area (Å²) in [5.74, 6) is -1.72. The van der Waals surface area contributed by atoms with Gasteiger partial charge < -0.3 is 15.5 Å². The molecule has 0 aromatic heterocycles. The monoisotopic (exact) mass is 333 g/mol. The van der Waals surface area contributed by atoms with E-state index < -0.39 is 11.7 Å². The number of amides is 3. The molecule has 1 aromatic rings. The fourth-order valence-electron chi connectivity index (χ4n) is 3.21. The zero-order valence-corrected chi connectivity index (χ0v) is 13.3. The number of likely N-dealkylation sites (tertiary alicyclic amines) is 1. The van der Waals surface area contributed by atoms with Gasteiger partial charge in [-0.25, -0.2) is 4.39 Å². The fourth-order valence-corrected chi connectivity index (χ4v) is 3.21. The maximum atomic E-state index is 13.3. The average molecular weight is 333 g/mol. The lowest BCUT2D eigenvalue weighted by Gasteiger charge is -2.25. The molecule has 0 spiro atoms. The Morgan fingerprint density at radius 1 is 1.29 bits per heavy atom. The second-order valence-corrected chi connectivity index (χ2v) is 6.17. The minimum Gasteiger partial charge on any atom is -0.355 e. The fraction of sp³-hybridized carbons (Fsp3) is 0.471. The number of halogens is 1. The zero-order valence-electron chi connectivity index (χ0n) is 13.3. The van der Waals surface area contributed by atoms with Crippen molar-refractivity contribution >= 4 is 23.4 Å². The number of rotatable bonds is 4. The van der Waals surface area contributed by atoms with Crippen LogP contribution >= 0.6 is 0 Å². The van der Waals surface area contributed by atoms with Gasteiger partial charge in [0.05, 0.1) is 5.92 Å². The van der Waals surface area contributed by atoms with Crippen LogP contribution in [-0.4, -0.2) is 42.3 Å². The van der Waals surface area contributed by atoms with E-state index in [9.17, 15) is 18.8 Å². The van der Waals surface area contributed by atoms with E-state index in [0.29, 0.717) is 11.3 Å². The maximum Gasteiger partial charge on any atom is 0.228 e. The number of nitrogens with zero attached hydrogens (tertiary/aromatic N) is 1. The first-order chi connectivity index (χ1) is 11.5. The van der Waals surface area contributed by atoms with Crippen LogP contribution in [0.3, 0.4) is 0 Å². The first-order valence-corrected chi connectivity index (χ1v) is 8.19. The van der Waals surface area contributed by atoms with Crippen molar-refractivity contribution in [2.45, 2.75) is 31.6 Å². The molecule has 1 fully saturated rings. The Balaban J connectivity index is 1.59. The van der Waals surface area contributed by atoms with E-state index >= 15 is 0 Å². The van der Waals surface area contributed by atoms with Crippen LogP contribution in [0.4, 0.5) is 10.1 Å². The minimum atomic E-state index is -0.656. The lowest BCUT2D eigenvalue weighted by Crippen LogP contribution is -2.37. The molecule has 2 N–H and O–H groups in total. The minimum absolute atomic E-state index is 0.0184. The van der Waals surface area contributed by atoms with E-state index in [2.05, 4.69) is 10.6 Å². The summed E-state index contributed by atoms with van der Waals surface area (Å²) in [7, 11) is 0. The summed E-state index contributed by atoms with van der Waals surface area (Å²) in [5, 5.41) is 5.30. The Morgan fingerprint density at radius 2 is 2.04 bits per heavy atom. The van der Waals surface area contributed by atoms with E-state index in [1.54, 1.807) is 4.90 Å². The molecule has 7 heteroatoms. The molecule has 0 aliphatic carbocycles. The molecule has 0 saturated carbocycles. The first kappa shape index (κ1) is 16.4. The van der Waals surface area contributed by atoms with Gasteiger partial charge in [0.15, 0.2) is 0 Å². The number of nitrogens with one attached hydrogen (secondary N) is 2. The van der Waals surface area contributed by atoms with Crippen molar-refractivity contribution in [1.29, 1.82) is 0 Å². The molecule has 6 nitrogen and oxygen atoms in total. The topological polar surface area (TPSA) is 78.5 Å². The molecular formula is C17H20FN3O3. The third kappa shape index (κ3) is 3.55. The molecule has 1 unspecified atom stereocenters. The van der Waals surface area contributed by atoms with Gasteiger partial charge in [-0.15, -0.1) is 0 Å². The molecule has 2 aliphatic rings. The normalized spacial score (nSPS) is 19.6. The Bertz CT molecular complexity index is 671. The number of anilines is 1. The summed E-state index contributed by atoms with van der Waals surface area (Å²) >= 11 is 0. The summed E-state index contributed by atoms with van der Waals surface area (Å²) in [4.78, 5) is 37.9. The van der Waals surface area contributed by atoms with Crippen molar-refractivity contribution in [3.05, 3.63) is 29.6 Å². The zero-order chi connectivity index (χ0) is 17.1. The Labute approximate surface area is 139 Å². The molecule has 0 bridgehead atoms. The van der Waals surface area contributed by atoms with E-state index in [1.807, 2.05) is 0 Å². The van der Waals surface area contributed by atoms with Crippen LogP contribution < -0.4 is 10.6 Å². The van der Waals surface area contributed by atoms with Crippen LogP contribution in [0.1, 0.15) is 37.2 Å². The highest BCUT2D eigenvalue weighted by molar-refractivity contribution is 6.01. The molecule has 3 amide bonds. The summed E-state index contributed by atoms with van der Waals surface area (Å²) < 4.78 is 13.3. The van der Waals surface area contributed by atoms with Crippen LogP contribution in [-0.2, 0) is 14.4 Å². The van der Waals surface area contributed by atoms with Gasteiger partial charge in [-0.1, -0.05) is 6.07 Å². The van der Waals surface area contributed by atoms with Crippen LogP contribution in [0.5, 0.6) is 0 Å². The largest absolute Gasteiger partial charge is 0.355 e. The maximum absolute atomic E-state index is 13.3. The predicted octanol–water partition coefficient (Wildman–Crippen LogP) is 1.38. The third-order valence-corrected chi connectivity index (χ3v) is 4.47. The molecule has 2 aliphatic heterocycles. The lowest BCUT2D eigenvalue weighted by atomic mass is 9.89. The van der Waals surface area contributed by atoms with Gasteiger partial charge >= 0.3 is 0 Å². The van der Waals surface area contributed by atoms with Gasteiger partial charge in [-0.2, -0.15) is 0 Å². The van der Waals surface area contributed by atoms with E-state index in [0.717, 1.165) is 25.9 Å². The quantitative estimate of drug-likeness (QED) is 0.874. The van der Waals surface area contributed by atoms with E-state index in [4.69, 9.17) is 0 Å². The molecule has 3 rings (SSSR count). The first-order valence-electron chi connectivity index (χ1n) is 8.19. The third-order valence-electron chi connectivity index (χ3n) is 4.47. The molecule has 1 atom stereocenters. The molecule has 1 saturated heterocycles. The predicted molar refractivity (Wildman–Crippen MR) is 85.8 cm³/mol. The smallest absolute Gasteiger partial charge is 0.228 e. The number of benzene rings is 1. The van der Waals surface area contributed by atoms with Gasteiger partial charge in [0.1, 0.15) is 5.82 Å². The number of hydrogen-bond donors (Lipinski definition) is 2. The molecule has 24 heavy (non-hydrogen) atoms. The van der Waals surface area contributed by atoms with Crippen molar-refractivity contribution in [1.82, 2.24) is 10.2 Å². The summed E-state index contributed by atoms with van der Waals surface area (Å²) in [6, 6.07) is 4.00. The Kier molecular flexibility index (Phi) is 4.78. The van der Waals surface area contributed by atoms with Gasteiger partial charge in [-0.05, 0) is 30.5 Å². The van der Waals surface area contributed by atoms with Crippen molar-refractivity contribution in [3.63, 3.8) is 0 Å². The molecule has 128 valence electrons. The second kappa shape index (κ2) is 6.98. The van der Waals surface area contributed by atoms with Crippen molar-refractivity contribution in [2.24, 2.45) is 0 Å². The number of carbonyl (C=O) groups is 3.